The lowest BCUT2D eigenvalue weighted by Gasteiger charge is -2.25. The van der Waals surface area contributed by atoms with Gasteiger partial charge in [-0.25, -0.2) is 9.36 Å². The maximum absolute atomic E-state index is 13.5. The van der Waals surface area contributed by atoms with E-state index in [2.05, 4.69) is 10.1 Å². The quantitative estimate of drug-likeness (QED) is 0.257. The van der Waals surface area contributed by atoms with Crippen LogP contribution in [0.1, 0.15) is 27.0 Å². The Morgan fingerprint density at radius 2 is 1.91 bits per heavy atom. The molecule has 2 heterocycles. The van der Waals surface area contributed by atoms with Crippen molar-refractivity contribution in [3.8, 4) is 5.75 Å². The average Bonchev–Trinajstić information content (AvgIpc) is 3.06. The molecule has 1 saturated heterocycles. The molecule has 1 fully saturated rings. The van der Waals surface area contributed by atoms with Crippen molar-refractivity contribution >= 4 is 19.5 Å². The summed E-state index contributed by atoms with van der Waals surface area (Å²) in [5.41, 5.74) is 4.69. The summed E-state index contributed by atoms with van der Waals surface area (Å²) in [5, 5.41) is 23.4. The summed E-state index contributed by atoms with van der Waals surface area (Å²) < 4.78 is 36.2. The third-order valence-electron chi connectivity index (χ3n) is 4.90. The number of esters is 1. The van der Waals surface area contributed by atoms with Gasteiger partial charge in [0.15, 0.2) is 6.23 Å². The molecule has 6 atom stereocenters. The monoisotopic (exact) mass is 512 g/mol. The van der Waals surface area contributed by atoms with E-state index in [-0.39, 0.29) is 11.6 Å². The van der Waals surface area contributed by atoms with Gasteiger partial charge in [0.25, 0.3) is 0 Å². The van der Waals surface area contributed by atoms with Crippen LogP contribution in [-0.2, 0) is 23.4 Å². The molecule has 0 radical (unpaired) electrons. The normalized spacial score (nSPS) is 24.6. The van der Waals surface area contributed by atoms with E-state index in [0.717, 1.165) is 4.57 Å². The predicted molar refractivity (Wildman–Crippen MR) is 123 cm³/mol. The van der Waals surface area contributed by atoms with Gasteiger partial charge in [0.05, 0.1) is 12.7 Å². The zero-order valence-corrected chi connectivity index (χ0v) is 20.3. The highest BCUT2D eigenvalue weighted by Gasteiger charge is 2.45. The van der Waals surface area contributed by atoms with Crippen molar-refractivity contribution in [2.75, 3.05) is 12.3 Å². The van der Waals surface area contributed by atoms with Crippen LogP contribution in [0.25, 0.3) is 0 Å². The number of rotatable bonds is 10. The number of para-hydroxylation sites is 1. The lowest BCUT2D eigenvalue weighted by molar-refractivity contribution is -0.149. The molecule has 1 aromatic heterocycles. The first-order chi connectivity index (χ1) is 16.5. The second-order valence-electron chi connectivity index (χ2n) is 8.12. The minimum absolute atomic E-state index is 0.0191. The van der Waals surface area contributed by atoms with E-state index in [0.29, 0.717) is 0 Å². The second-order valence-corrected chi connectivity index (χ2v) is 9.82. The van der Waals surface area contributed by atoms with Crippen LogP contribution in [0.2, 0.25) is 0 Å². The fraction of sp³-hybridized carbons (Fsp3) is 0.476. The van der Waals surface area contributed by atoms with Crippen molar-refractivity contribution < 1.29 is 38.1 Å². The number of ether oxygens (including phenoxy) is 2. The highest BCUT2D eigenvalue weighted by Crippen LogP contribution is 2.46. The Morgan fingerprint density at radius 1 is 1.23 bits per heavy atom. The molecule has 192 valence electrons. The van der Waals surface area contributed by atoms with E-state index in [1.807, 2.05) is 0 Å². The molecular weight excluding hydrogens is 483 g/mol. The van der Waals surface area contributed by atoms with Gasteiger partial charge in [-0.05, 0) is 39.0 Å². The van der Waals surface area contributed by atoms with Crippen LogP contribution in [0.5, 0.6) is 5.75 Å². The molecule has 2 aromatic rings. The number of nitrogens with one attached hydrogen (secondary N) is 1. The smallest absolute Gasteiger partial charge is 0.459 e. The number of nitrogens with zero attached hydrogens (tertiary/aromatic N) is 2. The SMILES string of the molecule is CC(C)OC(=O)[C@H](C)N[P@](=O)(OC[C@H]1O[C@@H](n2ccc(N)nc2=O)[C@H](O)[C@@H]1O)Oc1ccccc1. The first kappa shape index (κ1) is 26.8. The van der Waals surface area contributed by atoms with Gasteiger partial charge in [-0.15, -0.1) is 0 Å². The van der Waals surface area contributed by atoms with Gasteiger partial charge in [0.2, 0.25) is 0 Å². The summed E-state index contributed by atoms with van der Waals surface area (Å²) >= 11 is 0. The lowest BCUT2D eigenvalue weighted by atomic mass is 10.1. The van der Waals surface area contributed by atoms with E-state index < -0.39 is 62.7 Å². The van der Waals surface area contributed by atoms with Gasteiger partial charge in [0, 0.05) is 6.20 Å². The van der Waals surface area contributed by atoms with Gasteiger partial charge >= 0.3 is 19.4 Å². The molecule has 0 bridgehead atoms. The second kappa shape index (κ2) is 11.3. The standard InChI is InChI=1S/C21H29N4O9P/c1-12(2)32-20(28)13(3)24-35(30,34-14-7-5-4-6-8-14)31-11-15-17(26)18(27)19(33-15)25-10-9-16(22)23-21(25)29/h4-10,12-13,15,17-19,26-27H,11H2,1-3H3,(H,24,30)(H2,22,23,29)/t13-,15+,17+,18+,19+,35-/m0/s1. The molecule has 35 heavy (non-hydrogen) atoms. The molecule has 1 aliphatic rings. The Bertz CT molecular complexity index is 1110. The molecule has 0 saturated carbocycles. The number of carbonyl (C=O) groups is 1. The van der Waals surface area contributed by atoms with E-state index in [1.54, 1.807) is 32.0 Å². The number of aliphatic hydroxyl groups excluding tert-OH is 2. The number of nitrogen functional groups attached to an aromatic ring is 1. The third kappa shape index (κ3) is 6.88. The van der Waals surface area contributed by atoms with Crippen LogP contribution in [0, 0.1) is 0 Å². The molecule has 1 aliphatic heterocycles. The predicted octanol–water partition coefficient (Wildman–Crippen LogP) is 0.578. The number of aliphatic hydroxyl groups is 2. The summed E-state index contributed by atoms with van der Waals surface area (Å²) in [4.78, 5) is 27.9. The Labute approximate surface area is 201 Å². The van der Waals surface area contributed by atoms with E-state index >= 15 is 0 Å². The van der Waals surface area contributed by atoms with Gasteiger partial charge < -0.3 is 29.9 Å². The fourth-order valence-electron chi connectivity index (χ4n) is 3.22. The average molecular weight is 512 g/mol. The van der Waals surface area contributed by atoms with Crippen molar-refractivity contribution in [1.29, 1.82) is 0 Å². The van der Waals surface area contributed by atoms with Crippen LogP contribution in [0.15, 0.2) is 47.4 Å². The molecule has 0 amide bonds. The van der Waals surface area contributed by atoms with Crippen LogP contribution in [0.4, 0.5) is 5.82 Å². The van der Waals surface area contributed by atoms with Crippen molar-refractivity contribution in [1.82, 2.24) is 14.6 Å². The van der Waals surface area contributed by atoms with Crippen LogP contribution in [0.3, 0.4) is 0 Å². The van der Waals surface area contributed by atoms with Gasteiger partial charge in [-0.2, -0.15) is 10.1 Å². The first-order valence-corrected chi connectivity index (χ1v) is 12.4. The molecule has 0 unspecified atom stereocenters. The minimum atomic E-state index is -4.22. The Balaban J connectivity index is 1.75. The molecule has 5 N–H and O–H groups in total. The van der Waals surface area contributed by atoms with Crippen molar-refractivity contribution in [3.05, 3.63) is 53.1 Å². The largest absolute Gasteiger partial charge is 0.462 e. The summed E-state index contributed by atoms with van der Waals surface area (Å²) in [6, 6.07) is 8.37. The van der Waals surface area contributed by atoms with Crippen molar-refractivity contribution in [3.63, 3.8) is 0 Å². The summed E-state index contributed by atoms with van der Waals surface area (Å²) in [6.45, 7) is 4.25. The van der Waals surface area contributed by atoms with Crippen LogP contribution in [-0.4, -0.2) is 62.8 Å². The van der Waals surface area contributed by atoms with E-state index in [1.165, 1.54) is 31.3 Å². The Morgan fingerprint density at radius 3 is 2.54 bits per heavy atom. The van der Waals surface area contributed by atoms with Crippen LogP contribution >= 0.6 is 7.75 Å². The maximum Gasteiger partial charge on any atom is 0.459 e. The molecule has 14 heteroatoms. The number of hydrogen-bond acceptors (Lipinski definition) is 11. The topological polar surface area (TPSA) is 184 Å². The summed E-state index contributed by atoms with van der Waals surface area (Å²) in [7, 11) is -4.22. The molecule has 3 rings (SSSR count). The number of hydrogen-bond donors (Lipinski definition) is 4. The highest BCUT2D eigenvalue weighted by atomic mass is 31.2. The molecule has 1 aromatic carbocycles. The zero-order chi connectivity index (χ0) is 25.8. The summed E-state index contributed by atoms with van der Waals surface area (Å²) in [6.07, 6.45) is -4.64. The third-order valence-corrected chi connectivity index (χ3v) is 6.54. The molecule has 0 aliphatic carbocycles. The number of anilines is 1. The molecule has 0 spiro atoms. The van der Waals surface area contributed by atoms with Gasteiger partial charge in [-0.3, -0.25) is 13.9 Å². The van der Waals surface area contributed by atoms with Gasteiger partial charge in [0.1, 0.15) is 35.9 Å². The summed E-state index contributed by atoms with van der Waals surface area (Å²) in [5.74, 6) is -0.504. The number of aromatic nitrogens is 2. The lowest BCUT2D eigenvalue weighted by Crippen LogP contribution is -2.38. The van der Waals surface area contributed by atoms with Gasteiger partial charge in [-0.1, -0.05) is 18.2 Å². The molecular formula is C21H29N4O9P. The van der Waals surface area contributed by atoms with E-state index in [4.69, 9.17) is 24.3 Å². The highest BCUT2D eigenvalue weighted by molar-refractivity contribution is 7.52. The first-order valence-electron chi connectivity index (χ1n) is 10.8. The number of carbonyl (C=O) groups excluding carboxylic acids is 1. The van der Waals surface area contributed by atoms with Crippen molar-refractivity contribution in [2.24, 2.45) is 0 Å². The number of nitrogens with two attached hydrogens (primary N) is 1. The van der Waals surface area contributed by atoms with E-state index in [9.17, 15) is 24.4 Å². The minimum Gasteiger partial charge on any atom is -0.462 e. The molecule has 13 nitrogen and oxygen atoms in total. The number of benzene rings is 1. The maximum atomic E-state index is 13.5. The fourth-order valence-corrected chi connectivity index (χ4v) is 4.72. The Hall–Kier alpha value is -2.80. The van der Waals surface area contributed by atoms with Crippen LogP contribution < -0.4 is 21.0 Å². The zero-order valence-electron chi connectivity index (χ0n) is 19.4. The van der Waals surface area contributed by atoms with Crippen molar-refractivity contribution in [2.45, 2.75) is 57.5 Å². The Kier molecular flexibility index (Phi) is 8.65.